The van der Waals surface area contributed by atoms with Crippen molar-refractivity contribution in [1.29, 1.82) is 0 Å². The van der Waals surface area contributed by atoms with E-state index in [-0.39, 0.29) is 12.8 Å². The van der Waals surface area contributed by atoms with Gasteiger partial charge < -0.3 is 39.9 Å². The van der Waals surface area contributed by atoms with Gasteiger partial charge in [-0.05, 0) is 38.5 Å². The molecule has 59 heavy (non-hydrogen) atoms. The number of esters is 2. The van der Waals surface area contributed by atoms with Crippen molar-refractivity contribution in [2.24, 2.45) is 0 Å². The quantitative estimate of drug-likeness (QED) is 0.0147. The average Bonchev–Trinajstić information content (AvgIpc) is 3.21. The Hall–Kier alpha value is -1.67. The molecule has 0 amide bonds. The third kappa shape index (κ3) is 28.5. The second-order valence-electron chi connectivity index (χ2n) is 16.4. The minimum absolute atomic E-state index is 0.0967. The molecule has 0 aromatic rings. The van der Waals surface area contributed by atoms with Gasteiger partial charge in [-0.15, -0.1) is 13.2 Å². The molecule has 14 heteroatoms. The van der Waals surface area contributed by atoms with Crippen LogP contribution in [0.5, 0.6) is 0 Å². The molecule has 1 rings (SSSR count). The number of carbonyl (C=O) groups excluding carboxylic acids is 2. The molecule has 0 radical (unpaired) electrons. The van der Waals surface area contributed by atoms with Crippen molar-refractivity contribution in [2.75, 3.05) is 13.2 Å². The van der Waals surface area contributed by atoms with Gasteiger partial charge in [0, 0.05) is 12.8 Å². The molecular weight excluding hydrogens is 779 g/mol. The third-order valence-corrected chi connectivity index (χ3v) is 12.0. The second-order valence-corrected chi connectivity index (χ2v) is 17.8. The number of rotatable bonds is 40. The van der Waals surface area contributed by atoms with Crippen LogP contribution in [-0.2, 0) is 32.7 Å². The molecule has 0 bridgehead atoms. The molecule has 0 spiro atoms. The molecule has 1 saturated carbocycles. The van der Waals surface area contributed by atoms with Crippen LogP contribution in [0.1, 0.15) is 193 Å². The lowest BCUT2D eigenvalue weighted by atomic mass is 9.85. The second kappa shape index (κ2) is 35.9. The van der Waals surface area contributed by atoms with E-state index >= 15 is 0 Å². The average molecular weight is 863 g/mol. The van der Waals surface area contributed by atoms with Gasteiger partial charge in [0.2, 0.25) is 0 Å². The number of carbonyl (C=O) groups is 2. The van der Waals surface area contributed by atoms with Crippen LogP contribution in [0.4, 0.5) is 0 Å². The fraction of sp³-hybridized carbons (Fsp3) is 0.867. The highest BCUT2D eigenvalue weighted by atomic mass is 31.2. The first-order chi connectivity index (χ1) is 28.4. The number of phosphoric acid groups is 1. The number of aliphatic hydroxyl groups is 5. The highest BCUT2D eigenvalue weighted by Crippen LogP contribution is 2.47. The molecule has 6 N–H and O–H groups in total. The van der Waals surface area contributed by atoms with Gasteiger partial charge in [-0.3, -0.25) is 18.6 Å². The van der Waals surface area contributed by atoms with Crippen molar-refractivity contribution >= 4 is 19.8 Å². The summed E-state index contributed by atoms with van der Waals surface area (Å²) in [6.07, 6.45) is 23.0. The van der Waals surface area contributed by atoms with Crippen LogP contribution in [0.25, 0.3) is 0 Å². The van der Waals surface area contributed by atoms with Crippen LogP contribution in [-0.4, -0.2) is 98.3 Å². The van der Waals surface area contributed by atoms with Crippen molar-refractivity contribution < 1.29 is 63.1 Å². The Balaban J connectivity index is 2.43. The lowest BCUT2D eigenvalue weighted by molar-refractivity contribution is -0.220. The predicted molar refractivity (Wildman–Crippen MR) is 230 cm³/mol. The normalized spacial score (nSPS) is 22.1. The van der Waals surface area contributed by atoms with E-state index in [4.69, 9.17) is 18.5 Å². The van der Waals surface area contributed by atoms with Crippen LogP contribution in [0.3, 0.4) is 0 Å². The summed E-state index contributed by atoms with van der Waals surface area (Å²) in [6.45, 7) is 6.36. The third-order valence-electron chi connectivity index (χ3n) is 11.1. The fourth-order valence-corrected chi connectivity index (χ4v) is 8.28. The Morgan fingerprint density at radius 3 is 1.19 bits per heavy atom. The molecule has 8 atom stereocenters. The maximum Gasteiger partial charge on any atom is 0.472 e. The molecule has 0 aromatic heterocycles. The van der Waals surface area contributed by atoms with E-state index in [1.165, 1.54) is 109 Å². The molecule has 0 aliphatic heterocycles. The summed E-state index contributed by atoms with van der Waals surface area (Å²) < 4.78 is 33.5. The summed E-state index contributed by atoms with van der Waals surface area (Å²) in [4.78, 5) is 35.7. The summed E-state index contributed by atoms with van der Waals surface area (Å²) in [7, 11) is -5.11. The lowest BCUT2D eigenvalue weighted by Gasteiger charge is -2.41. The summed E-state index contributed by atoms with van der Waals surface area (Å²) >= 11 is 0. The molecule has 1 aliphatic carbocycles. The standard InChI is InChI=1S/C45H83O13P/c1-3-5-7-9-11-13-15-17-19-21-23-25-27-29-31-33-38(46)55-35-37(36-56-59(53,54)58-45-43(51)41(49)40(48)42(50)44(45)52)57-39(47)34-32-30-28-26-24-22-20-18-16-14-12-10-8-6-4-2/h3-4,37,40-45,48-52H,1-2,5-36H2,(H,53,54)/t37-,40?,41-,42?,43?,44?,45?/m1/s1. The SMILES string of the molecule is C=CCCCCCCCCCCCCCCCC(=O)OC[C@H](COP(=O)(O)OC1C(O)C(O)C(O)[C@@H](O)C1O)OC(=O)CCCCCCCCCCCCCCCC=C. The molecule has 13 nitrogen and oxygen atoms in total. The van der Waals surface area contributed by atoms with E-state index in [9.17, 15) is 44.6 Å². The molecule has 1 aliphatic rings. The van der Waals surface area contributed by atoms with Crippen LogP contribution in [0.15, 0.2) is 25.3 Å². The molecule has 0 heterocycles. The maximum atomic E-state index is 12.8. The van der Waals surface area contributed by atoms with E-state index in [1.54, 1.807) is 0 Å². The number of phosphoric ester groups is 1. The van der Waals surface area contributed by atoms with Crippen LogP contribution >= 0.6 is 7.82 Å². The molecule has 6 unspecified atom stereocenters. The largest absolute Gasteiger partial charge is 0.472 e. The number of hydrogen-bond acceptors (Lipinski definition) is 12. The number of ether oxygens (including phenoxy) is 2. The summed E-state index contributed by atoms with van der Waals surface area (Å²) in [5.41, 5.74) is 0. The zero-order valence-corrected chi connectivity index (χ0v) is 37.1. The molecule has 346 valence electrons. The highest BCUT2D eigenvalue weighted by molar-refractivity contribution is 7.47. The van der Waals surface area contributed by atoms with Crippen molar-refractivity contribution in [2.45, 2.75) is 235 Å². The topological polar surface area (TPSA) is 210 Å². The number of hydrogen-bond donors (Lipinski definition) is 6. The number of allylic oxidation sites excluding steroid dienone is 2. The van der Waals surface area contributed by atoms with Crippen molar-refractivity contribution in [1.82, 2.24) is 0 Å². The van der Waals surface area contributed by atoms with E-state index in [1.807, 2.05) is 12.2 Å². The molecule has 0 saturated heterocycles. The van der Waals surface area contributed by atoms with Crippen molar-refractivity contribution in [3.8, 4) is 0 Å². The van der Waals surface area contributed by atoms with E-state index in [0.29, 0.717) is 12.8 Å². The zero-order chi connectivity index (χ0) is 43.6. The Morgan fingerprint density at radius 1 is 0.492 bits per heavy atom. The Kier molecular flexibility index (Phi) is 33.7. The molecule has 0 aromatic carbocycles. The van der Waals surface area contributed by atoms with Gasteiger partial charge in [-0.25, -0.2) is 4.57 Å². The molecular formula is C45H83O13P. The Bertz CT molecular complexity index is 1110. The first kappa shape index (κ1) is 55.3. The Labute approximate surface area is 356 Å². The summed E-state index contributed by atoms with van der Waals surface area (Å²) in [5, 5.41) is 50.1. The van der Waals surface area contributed by atoms with Crippen LogP contribution < -0.4 is 0 Å². The van der Waals surface area contributed by atoms with E-state index in [0.717, 1.165) is 57.8 Å². The summed E-state index contributed by atoms with van der Waals surface area (Å²) in [5.74, 6) is -1.10. The minimum Gasteiger partial charge on any atom is -0.462 e. The van der Waals surface area contributed by atoms with Gasteiger partial charge in [0.15, 0.2) is 6.10 Å². The van der Waals surface area contributed by atoms with Crippen molar-refractivity contribution in [3.63, 3.8) is 0 Å². The van der Waals surface area contributed by atoms with Gasteiger partial charge in [-0.2, -0.15) is 0 Å². The van der Waals surface area contributed by atoms with Crippen LogP contribution in [0, 0.1) is 0 Å². The van der Waals surface area contributed by atoms with E-state index < -0.39 is 75.7 Å². The Morgan fingerprint density at radius 2 is 0.814 bits per heavy atom. The fourth-order valence-electron chi connectivity index (χ4n) is 7.31. The van der Waals surface area contributed by atoms with Gasteiger partial charge >= 0.3 is 19.8 Å². The number of unbranched alkanes of at least 4 members (excludes halogenated alkanes) is 26. The smallest absolute Gasteiger partial charge is 0.462 e. The van der Waals surface area contributed by atoms with Crippen molar-refractivity contribution in [3.05, 3.63) is 25.3 Å². The zero-order valence-electron chi connectivity index (χ0n) is 36.2. The monoisotopic (exact) mass is 863 g/mol. The lowest BCUT2D eigenvalue weighted by Crippen LogP contribution is -2.64. The number of aliphatic hydroxyl groups excluding tert-OH is 5. The minimum atomic E-state index is -5.11. The van der Waals surface area contributed by atoms with Gasteiger partial charge in [-0.1, -0.05) is 153 Å². The van der Waals surface area contributed by atoms with E-state index in [2.05, 4.69) is 13.2 Å². The predicted octanol–water partition coefficient (Wildman–Crippen LogP) is 8.84. The van der Waals surface area contributed by atoms with Crippen LogP contribution in [0.2, 0.25) is 0 Å². The summed E-state index contributed by atoms with van der Waals surface area (Å²) in [6, 6.07) is 0. The molecule has 1 fully saturated rings. The first-order valence-electron chi connectivity index (χ1n) is 23.1. The van der Waals surface area contributed by atoms with Gasteiger partial charge in [0.25, 0.3) is 0 Å². The highest BCUT2D eigenvalue weighted by Gasteiger charge is 2.51. The van der Waals surface area contributed by atoms with Gasteiger partial charge in [0.1, 0.15) is 43.2 Å². The maximum absolute atomic E-state index is 12.8. The van der Waals surface area contributed by atoms with Gasteiger partial charge in [0.05, 0.1) is 6.61 Å². The first-order valence-corrected chi connectivity index (χ1v) is 24.6.